The molecule has 0 aromatic rings. The molecule has 2 atom stereocenters. The van der Waals surface area contributed by atoms with Gasteiger partial charge in [-0.1, -0.05) is 0 Å². The van der Waals surface area contributed by atoms with Crippen LogP contribution in [-0.4, -0.2) is 36.5 Å². The van der Waals surface area contributed by atoms with Gasteiger partial charge in [-0.15, -0.1) is 0 Å². The fourth-order valence-electron chi connectivity index (χ4n) is 1.23. The zero-order chi connectivity index (χ0) is 9.19. The third-order valence-corrected chi connectivity index (χ3v) is 2.59. The Kier molecular flexibility index (Phi) is 3.40. The van der Waals surface area contributed by atoms with Crippen LogP contribution in [0.3, 0.4) is 0 Å². The zero-order valence-corrected chi connectivity index (χ0v) is 8.69. The Morgan fingerprint density at radius 2 is 2.33 bits per heavy atom. The van der Waals surface area contributed by atoms with Crippen LogP contribution in [-0.2, 0) is 9.47 Å². The summed E-state index contributed by atoms with van der Waals surface area (Å²) in [7, 11) is 0. The molecule has 2 N–H and O–H groups in total. The molecule has 12 heavy (non-hydrogen) atoms. The van der Waals surface area contributed by atoms with Crippen LogP contribution in [0.25, 0.3) is 0 Å². The van der Waals surface area contributed by atoms with E-state index in [4.69, 9.17) is 15.2 Å². The molecule has 0 saturated carbocycles. The van der Waals surface area contributed by atoms with Gasteiger partial charge in [-0.25, -0.2) is 0 Å². The number of hydrogen-bond acceptors (Lipinski definition) is 4. The van der Waals surface area contributed by atoms with Crippen LogP contribution in [0, 0.1) is 0 Å². The normalized spacial score (nSPS) is 30.5. The van der Waals surface area contributed by atoms with E-state index in [9.17, 15) is 0 Å². The lowest BCUT2D eigenvalue weighted by Crippen LogP contribution is -2.39. The van der Waals surface area contributed by atoms with Crippen molar-refractivity contribution in [3.8, 4) is 0 Å². The highest BCUT2D eigenvalue weighted by atomic mass is 32.2. The van der Waals surface area contributed by atoms with Gasteiger partial charge >= 0.3 is 0 Å². The smallest absolute Gasteiger partial charge is 0.163 e. The SMILES string of the molecule is CSC[C@H](N)C1COC(C)(C)O1. The van der Waals surface area contributed by atoms with Crippen molar-refractivity contribution in [3.63, 3.8) is 0 Å². The molecular weight excluding hydrogens is 174 g/mol. The second-order valence-corrected chi connectivity index (χ2v) is 4.40. The van der Waals surface area contributed by atoms with Gasteiger partial charge in [0, 0.05) is 11.8 Å². The molecule has 1 unspecified atom stereocenters. The molecule has 4 heteroatoms. The molecule has 0 aromatic carbocycles. The predicted octanol–water partition coefficient (Wildman–Crippen LogP) is 0.828. The van der Waals surface area contributed by atoms with E-state index in [0.717, 1.165) is 5.75 Å². The monoisotopic (exact) mass is 191 g/mol. The summed E-state index contributed by atoms with van der Waals surface area (Å²) in [5.41, 5.74) is 5.88. The van der Waals surface area contributed by atoms with Crippen molar-refractivity contribution >= 4 is 11.8 Å². The first-order valence-corrected chi connectivity index (χ1v) is 5.51. The molecule has 72 valence electrons. The van der Waals surface area contributed by atoms with E-state index in [0.29, 0.717) is 6.61 Å². The first-order chi connectivity index (χ1) is 5.55. The molecule has 0 spiro atoms. The molecule has 0 aromatic heterocycles. The van der Waals surface area contributed by atoms with E-state index in [1.807, 2.05) is 20.1 Å². The van der Waals surface area contributed by atoms with Crippen LogP contribution in [0.5, 0.6) is 0 Å². The van der Waals surface area contributed by atoms with Gasteiger partial charge < -0.3 is 15.2 Å². The minimum atomic E-state index is -0.444. The molecule has 0 bridgehead atoms. The average molecular weight is 191 g/mol. The van der Waals surface area contributed by atoms with Gasteiger partial charge in [0.2, 0.25) is 0 Å². The fraction of sp³-hybridized carbons (Fsp3) is 1.00. The second kappa shape index (κ2) is 3.96. The van der Waals surface area contributed by atoms with Crippen LogP contribution < -0.4 is 5.73 Å². The standard InChI is InChI=1S/C8H17NO2S/c1-8(2)10-4-7(11-8)6(9)5-12-3/h6-7H,4-5,9H2,1-3H3/t6-,7?/m0/s1. The van der Waals surface area contributed by atoms with Crippen molar-refractivity contribution in [1.29, 1.82) is 0 Å². The number of nitrogens with two attached hydrogens (primary N) is 1. The lowest BCUT2D eigenvalue weighted by molar-refractivity contribution is -0.139. The van der Waals surface area contributed by atoms with Crippen LogP contribution in [0.15, 0.2) is 0 Å². The molecule has 1 heterocycles. The molecule has 1 fully saturated rings. The van der Waals surface area contributed by atoms with E-state index >= 15 is 0 Å². The lowest BCUT2D eigenvalue weighted by atomic mass is 10.2. The largest absolute Gasteiger partial charge is 0.348 e. The van der Waals surface area contributed by atoms with Gasteiger partial charge in [0.05, 0.1) is 6.61 Å². The summed E-state index contributed by atoms with van der Waals surface area (Å²) in [5, 5.41) is 0. The van der Waals surface area contributed by atoms with Gasteiger partial charge in [0.25, 0.3) is 0 Å². The van der Waals surface area contributed by atoms with E-state index in [1.165, 1.54) is 0 Å². The predicted molar refractivity (Wildman–Crippen MR) is 51.3 cm³/mol. The molecule has 1 saturated heterocycles. The maximum atomic E-state index is 5.88. The van der Waals surface area contributed by atoms with E-state index in [-0.39, 0.29) is 12.1 Å². The number of thioether (sulfide) groups is 1. The molecule has 0 amide bonds. The van der Waals surface area contributed by atoms with Crippen LogP contribution in [0.2, 0.25) is 0 Å². The first-order valence-electron chi connectivity index (χ1n) is 4.11. The highest BCUT2D eigenvalue weighted by Gasteiger charge is 2.35. The van der Waals surface area contributed by atoms with Gasteiger partial charge in [0.15, 0.2) is 5.79 Å². The van der Waals surface area contributed by atoms with Crippen molar-refractivity contribution in [3.05, 3.63) is 0 Å². The number of ether oxygens (including phenoxy) is 2. The summed E-state index contributed by atoms with van der Waals surface area (Å²) in [6, 6.07) is 0.0850. The summed E-state index contributed by atoms with van der Waals surface area (Å²) < 4.78 is 11.0. The summed E-state index contributed by atoms with van der Waals surface area (Å²) in [5.74, 6) is 0.477. The van der Waals surface area contributed by atoms with Crippen LogP contribution in [0.1, 0.15) is 13.8 Å². The lowest BCUT2D eigenvalue weighted by Gasteiger charge is -2.20. The minimum absolute atomic E-state index is 0.0625. The van der Waals surface area contributed by atoms with Crippen LogP contribution >= 0.6 is 11.8 Å². The summed E-state index contributed by atoms with van der Waals surface area (Å²) in [6.45, 7) is 4.45. The number of hydrogen-bond donors (Lipinski definition) is 1. The molecular formula is C8H17NO2S. The molecule has 1 rings (SSSR count). The van der Waals surface area contributed by atoms with Gasteiger partial charge in [0.1, 0.15) is 6.10 Å². The number of rotatable bonds is 3. The van der Waals surface area contributed by atoms with Crippen molar-refractivity contribution < 1.29 is 9.47 Å². The van der Waals surface area contributed by atoms with Crippen molar-refractivity contribution in [1.82, 2.24) is 0 Å². The van der Waals surface area contributed by atoms with Gasteiger partial charge in [-0.3, -0.25) is 0 Å². The first kappa shape index (κ1) is 10.3. The Labute approximate surface area is 78.0 Å². The molecule has 1 aliphatic rings. The summed E-state index contributed by atoms with van der Waals surface area (Å²) in [6.07, 6.45) is 2.10. The van der Waals surface area contributed by atoms with Crippen molar-refractivity contribution in [2.75, 3.05) is 18.6 Å². The quantitative estimate of drug-likeness (QED) is 0.717. The summed E-state index contributed by atoms with van der Waals surface area (Å²) >= 11 is 1.74. The second-order valence-electron chi connectivity index (χ2n) is 3.49. The Balaban J connectivity index is 2.36. The van der Waals surface area contributed by atoms with E-state index < -0.39 is 5.79 Å². The molecule has 1 aliphatic heterocycles. The Morgan fingerprint density at radius 3 is 2.75 bits per heavy atom. The highest BCUT2D eigenvalue weighted by Crippen LogP contribution is 2.24. The molecule has 0 radical (unpaired) electrons. The summed E-state index contributed by atoms with van der Waals surface area (Å²) in [4.78, 5) is 0. The third-order valence-electron chi connectivity index (χ3n) is 1.87. The molecule has 3 nitrogen and oxygen atoms in total. The van der Waals surface area contributed by atoms with Gasteiger partial charge in [-0.05, 0) is 20.1 Å². The highest BCUT2D eigenvalue weighted by molar-refractivity contribution is 7.98. The Morgan fingerprint density at radius 1 is 1.67 bits per heavy atom. The minimum Gasteiger partial charge on any atom is -0.348 e. The van der Waals surface area contributed by atoms with E-state index in [1.54, 1.807) is 11.8 Å². The maximum Gasteiger partial charge on any atom is 0.163 e. The average Bonchev–Trinajstić information content (AvgIpc) is 2.31. The van der Waals surface area contributed by atoms with E-state index in [2.05, 4.69) is 0 Å². The fourth-order valence-corrected chi connectivity index (χ4v) is 1.83. The molecule has 0 aliphatic carbocycles. The van der Waals surface area contributed by atoms with Crippen LogP contribution in [0.4, 0.5) is 0 Å². The Bertz CT molecular complexity index is 152. The van der Waals surface area contributed by atoms with Crippen molar-refractivity contribution in [2.24, 2.45) is 5.73 Å². The maximum absolute atomic E-state index is 5.88. The van der Waals surface area contributed by atoms with Crippen molar-refractivity contribution in [2.45, 2.75) is 31.8 Å². The Hall–Kier alpha value is 0.230. The zero-order valence-electron chi connectivity index (χ0n) is 7.87. The van der Waals surface area contributed by atoms with Gasteiger partial charge in [-0.2, -0.15) is 11.8 Å². The third kappa shape index (κ3) is 2.62. The topological polar surface area (TPSA) is 44.5 Å².